The van der Waals surface area contributed by atoms with Crippen molar-refractivity contribution in [1.82, 2.24) is 5.32 Å². The molecule has 1 N–H and O–H groups in total. The summed E-state index contributed by atoms with van der Waals surface area (Å²) < 4.78 is 0. The van der Waals surface area contributed by atoms with E-state index in [2.05, 4.69) is 12.2 Å². The number of hydrogen-bond acceptors (Lipinski definition) is 3. The monoisotopic (exact) mass is 212 g/mol. The van der Waals surface area contributed by atoms with Gasteiger partial charge in [0.05, 0.1) is 6.07 Å². The molecular weight excluding hydrogens is 196 g/mol. The fraction of sp³-hybridized carbons (Fsp3) is 0.800. The number of hydrogen-bond donors (Lipinski definition) is 1. The largest absolute Gasteiger partial charge is 0.351 e. The first-order valence-corrected chi connectivity index (χ1v) is 6.05. The summed E-state index contributed by atoms with van der Waals surface area (Å²) in [6.45, 7) is 3.98. The van der Waals surface area contributed by atoms with Crippen LogP contribution in [-0.2, 0) is 4.79 Å². The molecule has 0 aliphatic carbocycles. The van der Waals surface area contributed by atoms with Gasteiger partial charge in [-0.25, -0.2) is 0 Å². The number of carbonyl (C=O) groups is 1. The van der Waals surface area contributed by atoms with Crippen LogP contribution < -0.4 is 5.32 Å². The van der Waals surface area contributed by atoms with Gasteiger partial charge in [-0.15, -0.1) is 0 Å². The molecule has 4 heteroatoms. The fourth-order valence-corrected chi connectivity index (χ4v) is 2.74. The van der Waals surface area contributed by atoms with E-state index in [1.807, 2.05) is 24.8 Å². The SMILES string of the molecule is CCC(C#N)C(=O)NC1CCSC1C. The zero-order valence-corrected chi connectivity index (χ0v) is 9.43. The molecule has 1 fully saturated rings. The quantitative estimate of drug-likeness (QED) is 0.772. The number of rotatable bonds is 3. The zero-order valence-electron chi connectivity index (χ0n) is 8.62. The van der Waals surface area contributed by atoms with Crippen molar-refractivity contribution in [3.63, 3.8) is 0 Å². The molecule has 1 heterocycles. The van der Waals surface area contributed by atoms with E-state index in [0.717, 1.165) is 12.2 Å². The highest BCUT2D eigenvalue weighted by Gasteiger charge is 2.27. The minimum absolute atomic E-state index is 0.102. The summed E-state index contributed by atoms with van der Waals surface area (Å²) in [6, 6.07) is 2.28. The molecule has 3 nitrogen and oxygen atoms in total. The Hall–Kier alpha value is -0.690. The van der Waals surface area contributed by atoms with Gasteiger partial charge in [-0.3, -0.25) is 4.79 Å². The van der Waals surface area contributed by atoms with Crippen molar-refractivity contribution < 1.29 is 4.79 Å². The van der Waals surface area contributed by atoms with E-state index in [1.54, 1.807) is 0 Å². The van der Waals surface area contributed by atoms with Gasteiger partial charge in [-0.2, -0.15) is 17.0 Å². The summed E-state index contributed by atoms with van der Waals surface area (Å²) in [5.41, 5.74) is 0. The summed E-state index contributed by atoms with van der Waals surface area (Å²) in [4.78, 5) is 11.6. The molecule has 1 saturated heterocycles. The van der Waals surface area contributed by atoms with E-state index >= 15 is 0 Å². The minimum atomic E-state index is -0.479. The molecule has 1 amide bonds. The Morgan fingerprint density at radius 2 is 2.50 bits per heavy atom. The van der Waals surface area contributed by atoms with Crippen molar-refractivity contribution in [2.75, 3.05) is 5.75 Å². The smallest absolute Gasteiger partial charge is 0.237 e. The Morgan fingerprint density at radius 1 is 1.79 bits per heavy atom. The second-order valence-electron chi connectivity index (χ2n) is 3.57. The molecule has 1 rings (SSSR count). The Bertz CT molecular complexity index is 249. The van der Waals surface area contributed by atoms with Crippen molar-refractivity contribution in [2.45, 2.75) is 38.0 Å². The maximum Gasteiger partial charge on any atom is 0.237 e. The normalized spacial score (nSPS) is 28.1. The number of amides is 1. The lowest BCUT2D eigenvalue weighted by atomic mass is 10.1. The molecule has 0 aromatic rings. The molecule has 0 bridgehead atoms. The average Bonchev–Trinajstić information content (AvgIpc) is 2.54. The summed E-state index contributed by atoms with van der Waals surface area (Å²) >= 11 is 1.88. The standard InChI is InChI=1S/C10H16N2OS/c1-3-8(6-11)10(13)12-9-4-5-14-7(9)2/h7-9H,3-5H2,1-2H3,(H,12,13). The first-order chi connectivity index (χ1) is 6.69. The highest BCUT2D eigenvalue weighted by Crippen LogP contribution is 2.26. The molecule has 14 heavy (non-hydrogen) atoms. The molecule has 0 saturated carbocycles. The molecule has 0 aromatic heterocycles. The number of thioether (sulfide) groups is 1. The Kier molecular flexibility index (Phi) is 4.27. The number of nitrogens with zero attached hydrogens (tertiary/aromatic N) is 1. The summed E-state index contributed by atoms with van der Waals surface area (Å²) in [5.74, 6) is 0.525. The molecule has 1 aliphatic rings. The van der Waals surface area contributed by atoms with E-state index in [0.29, 0.717) is 11.7 Å². The van der Waals surface area contributed by atoms with E-state index in [-0.39, 0.29) is 11.9 Å². The third-order valence-corrected chi connectivity index (χ3v) is 3.91. The third kappa shape index (κ3) is 2.65. The van der Waals surface area contributed by atoms with Gasteiger partial charge < -0.3 is 5.32 Å². The predicted octanol–water partition coefficient (Wildman–Crippen LogP) is 1.55. The molecule has 0 aromatic carbocycles. The highest BCUT2D eigenvalue weighted by atomic mass is 32.2. The van der Waals surface area contributed by atoms with Crippen LogP contribution in [0.5, 0.6) is 0 Å². The van der Waals surface area contributed by atoms with E-state index in [9.17, 15) is 4.79 Å². The first-order valence-electron chi connectivity index (χ1n) is 5.00. The van der Waals surface area contributed by atoms with Crippen LogP contribution in [0.1, 0.15) is 26.7 Å². The van der Waals surface area contributed by atoms with Gasteiger partial charge in [0, 0.05) is 11.3 Å². The molecule has 1 aliphatic heterocycles. The van der Waals surface area contributed by atoms with Gasteiger partial charge in [0.2, 0.25) is 5.91 Å². The lowest BCUT2D eigenvalue weighted by Gasteiger charge is -2.17. The van der Waals surface area contributed by atoms with Crippen LogP contribution in [0.2, 0.25) is 0 Å². The topological polar surface area (TPSA) is 52.9 Å². The Balaban J connectivity index is 2.44. The van der Waals surface area contributed by atoms with Gasteiger partial charge >= 0.3 is 0 Å². The Labute approximate surface area is 89.2 Å². The van der Waals surface area contributed by atoms with Crippen molar-refractivity contribution >= 4 is 17.7 Å². The molecule has 0 radical (unpaired) electrons. The van der Waals surface area contributed by atoms with E-state index in [1.165, 1.54) is 0 Å². The number of nitrogens with one attached hydrogen (secondary N) is 1. The van der Waals surface area contributed by atoms with Crippen LogP contribution in [-0.4, -0.2) is 23.0 Å². The zero-order chi connectivity index (χ0) is 10.6. The molecule has 0 spiro atoms. The van der Waals surface area contributed by atoms with Crippen molar-refractivity contribution in [3.8, 4) is 6.07 Å². The molecule has 78 valence electrons. The van der Waals surface area contributed by atoms with Gasteiger partial charge in [-0.1, -0.05) is 13.8 Å². The lowest BCUT2D eigenvalue weighted by molar-refractivity contribution is -0.124. The summed E-state index contributed by atoms with van der Waals surface area (Å²) in [6.07, 6.45) is 1.62. The first kappa shape index (κ1) is 11.4. The molecule has 3 unspecified atom stereocenters. The van der Waals surface area contributed by atoms with Crippen LogP contribution in [0.15, 0.2) is 0 Å². The van der Waals surface area contributed by atoms with Gasteiger partial charge in [0.15, 0.2) is 0 Å². The summed E-state index contributed by atoms with van der Waals surface area (Å²) in [5, 5.41) is 12.2. The van der Waals surface area contributed by atoms with Crippen LogP contribution in [0.25, 0.3) is 0 Å². The number of nitriles is 1. The second kappa shape index (κ2) is 5.26. The third-order valence-electron chi connectivity index (χ3n) is 2.58. The predicted molar refractivity (Wildman–Crippen MR) is 57.9 cm³/mol. The highest BCUT2D eigenvalue weighted by molar-refractivity contribution is 8.00. The van der Waals surface area contributed by atoms with Crippen molar-refractivity contribution in [1.29, 1.82) is 5.26 Å². The second-order valence-corrected chi connectivity index (χ2v) is 5.05. The van der Waals surface area contributed by atoms with E-state index < -0.39 is 5.92 Å². The minimum Gasteiger partial charge on any atom is -0.351 e. The number of carbonyl (C=O) groups excluding carboxylic acids is 1. The fourth-order valence-electron chi connectivity index (χ4n) is 1.54. The van der Waals surface area contributed by atoms with Crippen LogP contribution in [0, 0.1) is 17.2 Å². The summed E-state index contributed by atoms with van der Waals surface area (Å²) in [7, 11) is 0. The van der Waals surface area contributed by atoms with Gasteiger partial charge in [0.25, 0.3) is 0 Å². The van der Waals surface area contributed by atoms with Gasteiger partial charge in [0.1, 0.15) is 5.92 Å². The van der Waals surface area contributed by atoms with Crippen LogP contribution in [0.4, 0.5) is 0 Å². The van der Waals surface area contributed by atoms with Gasteiger partial charge in [-0.05, 0) is 18.6 Å². The van der Waals surface area contributed by atoms with Crippen LogP contribution >= 0.6 is 11.8 Å². The molecule has 3 atom stereocenters. The van der Waals surface area contributed by atoms with Crippen molar-refractivity contribution in [3.05, 3.63) is 0 Å². The maximum atomic E-state index is 11.6. The average molecular weight is 212 g/mol. The van der Waals surface area contributed by atoms with Crippen molar-refractivity contribution in [2.24, 2.45) is 5.92 Å². The van der Waals surface area contributed by atoms with Crippen LogP contribution in [0.3, 0.4) is 0 Å². The van der Waals surface area contributed by atoms with E-state index in [4.69, 9.17) is 5.26 Å². The Morgan fingerprint density at radius 3 is 2.93 bits per heavy atom. The molecular formula is C10H16N2OS. The maximum absolute atomic E-state index is 11.6. The lowest BCUT2D eigenvalue weighted by Crippen LogP contribution is -2.41.